The van der Waals surface area contributed by atoms with Crippen LogP contribution in [0.3, 0.4) is 0 Å². The van der Waals surface area contributed by atoms with Gasteiger partial charge >= 0.3 is 6.61 Å². The molecule has 0 amide bonds. The maximum absolute atomic E-state index is 12.1. The lowest BCUT2D eigenvalue weighted by molar-refractivity contribution is -0.0501. The summed E-state index contributed by atoms with van der Waals surface area (Å²) in [5.41, 5.74) is 0.642. The third kappa shape index (κ3) is 2.89. The second kappa shape index (κ2) is 4.57. The van der Waals surface area contributed by atoms with Crippen molar-refractivity contribution in [3.63, 3.8) is 0 Å². The summed E-state index contributed by atoms with van der Waals surface area (Å²) in [4.78, 5) is 11.2. The minimum atomic E-state index is -2.97. The predicted molar refractivity (Wildman–Crippen MR) is 52.8 cm³/mol. The van der Waals surface area contributed by atoms with Gasteiger partial charge in [-0.1, -0.05) is 11.6 Å². The molecule has 0 aromatic heterocycles. The van der Waals surface area contributed by atoms with Crippen LogP contribution in [0.15, 0.2) is 12.1 Å². The molecule has 0 atom stereocenters. The summed E-state index contributed by atoms with van der Waals surface area (Å²) in [7, 11) is 0. The topological polar surface area (TPSA) is 26.3 Å². The molecule has 0 aliphatic rings. The number of rotatable bonds is 3. The van der Waals surface area contributed by atoms with Gasteiger partial charge < -0.3 is 4.74 Å². The smallest absolute Gasteiger partial charge is 0.387 e. The van der Waals surface area contributed by atoms with Crippen molar-refractivity contribution in [3.05, 3.63) is 28.3 Å². The van der Waals surface area contributed by atoms with E-state index >= 15 is 0 Å². The lowest BCUT2D eigenvalue weighted by atomic mass is 10.1. The van der Waals surface area contributed by atoms with Crippen LogP contribution in [0.2, 0.25) is 5.02 Å². The molecule has 0 saturated carbocycles. The Bertz CT molecular complexity index is 391. The molecule has 0 bridgehead atoms. The van der Waals surface area contributed by atoms with Gasteiger partial charge in [-0.3, -0.25) is 4.79 Å². The quantitative estimate of drug-likeness (QED) is 0.749. The Kier molecular flexibility index (Phi) is 3.63. The summed E-state index contributed by atoms with van der Waals surface area (Å²) in [6.45, 7) is -0.0517. The molecule has 5 heteroatoms. The van der Waals surface area contributed by atoms with Gasteiger partial charge in [0.1, 0.15) is 5.75 Å². The van der Waals surface area contributed by atoms with Crippen LogP contribution in [0.5, 0.6) is 5.75 Å². The van der Waals surface area contributed by atoms with E-state index in [1.54, 1.807) is 6.92 Å². The number of carbonyl (C=O) groups is 1. The summed E-state index contributed by atoms with van der Waals surface area (Å²) in [5, 5.41) is 0.123. The molecule has 1 rings (SSSR count). The van der Waals surface area contributed by atoms with E-state index in [9.17, 15) is 13.6 Å². The predicted octanol–water partition coefficient (Wildman–Crippen LogP) is 3.45. The first kappa shape index (κ1) is 11.9. The molecule has 0 saturated heterocycles. The molecule has 0 aliphatic heterocycles. The Balaban J connectivity index is 3.27. The molecule has 15 heavy (non-hydrogen) atoms. The van der Waals surface area contributed by atoms with Crippen molar-refractivity contribution < 1.29 is 18.3 Å². The van der Waals surface area contributed by atoms with Gasteiger partial charge in [-0.15, -0.1) is 0 Å². The lowest BCUT2D eigenvalue weighted by Crippen LogP contribution is -2.07. The first-order chi connectivity index (χ1) is 6.91. The van der Waals surface area contributed by atoms with Crippen molar-refractivity contribution in [2.24, 2.45) is 0 Å². The number of Topliss-reactive ketones (excluding diaryl/α,β-unsaturated/α-hetero) is 1. The van der Waals surface area contributed by atoms with Gasteiger partial charge in [-0.2, -0.15) is 8.78 Å². The number of ketones is 1. The first-order valence-corrected chi connectivity index (χ1v) is 4.55. The highest BCUT2D eigenvalue weighted by atomic mass is 35.5. The minimum Gasteiger partial charge on any atom is -0.434 e. The molecule has 0 N–H and O–H groups in total. The molecule has 0 fully saturated rings. The van der Waals surface area contributed by atoms with Crippen molar-refractivity contribution in [1.29, 1.82) is 0 Å². The number of ether oxygens (including phenoxy) is 1. The number of carbonyl (C=O) groups excluding carboxylic acids is 1. The second-order valence-corrected chi connectivity index (χ2v) is 3.46. The number of hydrogen-bond donors (Lipinski definition) is 0. The van der Waals surface area contributed by atoms with E-state index < -0.39 is 12.4 Å². The van der Waals surface area contributed by atoms with E-state index in [4.69, 9.17) is 11.6 Å². The van der Waals surface area contributed by atoms with Gasteiger partial charge in [0, 0.05) is 0 Å². The molecule has 1 aromatic rings. The van der Waals surface area contributed by atoms with Crippen LogP contribution in [0.25, 0.3) is 0 Å². The van der Waals surface area contributed by atoms with Crippen molar-refractivity contribution in [1.82, 2.24) is 0 Å². The molecule has 0 unspecified atom stereocenters. The number of alkyl halides is 2. The largest absolute Gasteiger partial charge is 0.434 e. The fourth-order valence-electron chi connectivity index (χ4n) is 1.24. The van der Waals surface area contributed by atoms with Crippen molar-refractivity contribution >= 4 is 17.4 Å². The van der Waals surface area contributed by atoms with E-state index in [0.717, 1.165) is 0 Å². The molecule has 2 nitrogen and oxygen atoms in total. The van der Waals surface area contributed by atoms with Gasteiger partial charge in [0.05, 0.1) is 10.6 Å². The molecule has 0 heterocycles. The number of aryl methyl sites for hydroxylation is 1. The normalized spacial score (nSPS) is 10.5. The summed E-state index contributed by atoms with van der Waals surface area (Å²) in [6, 6.07) is 2.88. The Morgan fingerprint density at radius 2 is 2.07 bits per heavy atom. The zero-order valence-corrected chi connectivity index (χ0v) is 8.94. The van der Waals surface area contributed by atoms with Crippen LogP contribution < -0.4 is 4.74 Å². The van der Waals surface area contributed by atoms with E-state index in [2.05, 4.69) is 4.74 Å². The molecule has 1 aromatic carbocycles. The molecule has 82 valence electrons. The number of halogens is 3. The first-order valence-electron chi connectivity index (χ1n) is 4.17. The Labute approximate surface area is 90.8 Å². The average Bonchev–Trinajstić information content (AvgIpc) is 1.99. The SMILES string of the molecule is CC(=O)c1c(Cl)cc(C)cc1OC(F)F. The Morgan fingerprint density at radius 3 is 2.53 bits per heavy atom. The lowest BCUT2D eigenvalue weighted by Gasteiger charge is -2.11. The zero-order valence-electron chi connectivity index (χ0n) is 8.18. The maximum Gasteiger partial charge on any atom is 0.387 e. The van der Waals surface area contributed by atoms with Crippen molar-refractivity contribution in [2.75, 3.05) is 0 Å². The summed E-state index contributed by atoms with van der Waals surface area (Å²) in [6.07, 6.45) is 0. The highest BCUT2D eigenvalue weighted by Crippen LogP contribution is 2.29. The molecule has 0 spiro atoms. The summed E-state index contributed by atoms with van der Waals surface area (Å²) in [5.74, 6) is -0.585. The molecular formula is C10H9ClF2O2. The van der Waals surface area contributed by atoms with Gasteiger partial charge in [-0.25, -0.2) is 0 Å². The fourth-order valence-corrected chi connectivity index (χ4v) is 1.64. The highest BCUT2D eigenvalue weighted by molar-refractivity contribution is 6.34. The minimum absolute atomic E-state index is 0.0115. The van der Waals surface area contributed by atoms with Crippen molar-refractivity contribution in [3.8, 4) is 5.75 Å². The van der Waals surface area contributed by atoms with Gasteiger partial charge in [-0.05, 0) is 31.5 Å². The van der Waals surface area contributed by atoms with Crippen molar-refractivity contribution in [2.45, 2.75) is 20.5 Å². The maximum atomic E-state index is 12.1. The Morgan fingerprint density at radius 1 is 1.47 bits per heavy atom. The van der Waals surface area contributed by atoms with Crippen LogP contribution in [0, 0.1) is 6.92 Å². The van der Waals surface area contributed by atoms with Crippen LogP contribution in [0.1, 0.15) is 22.8 Å². The zero-order chi connectivity index (χ0) is 11.6. The fraction of sp³-hybridized carbons (Fsp3) is 0.300. The number of hydrogen-bond acceptors (Lipinski definition) is 2. The third-order valence-electron chi connectivity index (χ3n) is 1.77. The van der Waals surface area contributed by atoms with Crippen LogP contribution >= 0.6 is 11.6 Å². The van der Waals surface area contributed by atoms with E-state index in [0.29, 0.717) is 5.56 Å². The van der Waals surface area contributed by atoms with Gasteiger partial charge in [0.25, 0.3) is 0 Å². The third-order valence-corrected chi connectivity index (χ3v) is 2.06. The van der Waals surface area contributed by atoms with Crippen LogP contribution in [-0.2, 0) is 0 Å². The average molecular weight is 235 g/mol. The van der Waals surface area contributed by atoms with Crippen LogP contribution in [0.4, 0.5) is 8.78 Å². The molecular weight excluding hydrogens is 226 g/mol. The van der Waals surface area contributed by atoms with E-state index in [-0.39, 0.29) is 16.3 Å². The highest BCUT2D eigenvalue weighted by Gasteiger charge is 2.16. The molecule has 0 aliphatic carbocycles. The molecule has 0 radical (unpaired) electrons. The summed E-state index contributed by atoms with van der Waals surface area (Å²) < 4.78 is 28.3. The Hall–Kier alpha value is -1.16. The standard InChI is InChI=1S/C10H9ClF2O2/c1-5-3-7(11)9(6(2)14)8(4-5)15-10(12)13/h3-4,10H,1-2H3. The van der Waals surface area contributed by atoms with Crippen LogP contribution in [-0.4, -0.2) is 12.4 Å². The van der Waals surface area contributed by atoms with E-state index in [1.807, 2.05) is 0 Å². The van der Waals surface area contributed by atoms with E-state index in [1.165, 1.54) is 19.1 Å². The van der Waals surface area contributed by atoms with Gasteiger partial charge in [0.2, 0.25) is 0 Å². The summed E-state index contributed by atoms with van der Waals surface area (Å²) >= 11 is 5.77. The number of benzene rings is 1. The second-order valence-electron chi connectivity index (χ2n) is 3.05. The monoisotopic (exact) mass is 234 g/mol. The van der Waals surface area contributed by atoms with Gasteiger partial charge in [0.15, 0.2) is 5.78 Å².